The van der Waals surface area contributed by atoms with Crippen LogP contribution in [0.5, 0.6) is 0 Å². The van der Waals surface area contributed by atoms with Gasteiger partial charge in [0.2, 0.25) is 0 Å². The zero-order valence-corrected chi connectivity index (χ0v) is 17.7. The topological polar surface area (TPSA) is 52.0 Å². The van der Waals surface area contributed by atoms with E-state index in [0.29, 0.717) is 11.5 Å². The maximum absolute atomic E-state index is 13.1. The molecule has 4 nitrogen and oxygen atoms in total. The minimum absolute atomic E-state index is 0.0255. The molecule has 146 valence electrons. The van der Waals surface area contributed by atoms with Crippen molar-refractivity contribution in [3.8, 4) is 0 Å². The smallest absolute Gasteiger partial charge is 0.262 e. The van der Waals surface area contributed by atoms with E-state index in [4.69, 9.17) is 0 Å². The van der Waals surface area contributed by atoms with Crippen LogP contribution < -0.4 is 5.56 Å². The summed E-state index contributed by atoms with van der Waals surface area (Å²) >= 11 is 1.64. The summed E-state index contributed by atoms with van der Waals surface area (Å²) in [5.41, 5.74) is 2.93. The largest absolute Gasteiger partial charge is 0.292 e. The zero-order valence-electron chi connectivity index (χ0n) is 16.9. The highest BCUT2D eigenvalue weighted by Gasteiger charge is 2.23. The summed E-state index contributed by atoms with van der Waals surface area (Å²) in [4.78, 5) is 32.4. The average Bonchev–Trinajstić information content (AvgIpc) is 3.01. The molecule has 0 aliphatic heterocycles. The van der Waals surface area contributed by atoms with Crippen molar-refractivity contribution in [1.29, 1.82) is 0 Å². The van der Waals surface area contributed by atoms with E-state index in [9.17, 15) is 9.59 Å². The number of ketones is 1. The summed E-state index contributed by atoms with van der Waals surface area (Å²) in [6.07, 6.45) is 4.58. The van der Waals surface area contributed by atoms with Gasteiger partial charge in [0.1, 0.15) is 4.83 Å². The van der Waals surface area contributed by atoms with Crippen molar-refractivity contribution < 1.29 is 4.79 Å². The first kappa shape index (κ1) is 19.1. The Bertz CT molecular complexity index is 1100. The Hall–Kier alpha value is -2.27. The van der Waals surface area contributed by atoms with Crippen molar-refractivity contribution in [2.75, 3.05) is 0 Å². The van der Waals surface area contributed by atoms with Crippen LogP contribution in [0, 0.1) is 5.92 Å². The molecule has 0 bridgehead atoms. The number of Topliss-reactive ketones (excluding diaryl/α,β-unsaturated/α-hetero) is 1. The summed E-state index contributed by atoms with van der Waals surface area (Å²) in [5, 5.41) is 0.727. The number of hydrogen-bond donors (Lipinski definition) is 0. The number of aryl methyl sites for hydroxylation is 1. The van der Waals surface area contributed by atoms with E-state index < -0.39 is 0 Å². The molecule has 0 saturated heterocycles. The fourth-order valence-corrected chi connectivity index (χ4v) is 5.22. The lowest BCUT2D eigenvalue weighted by Crippen LogP contribution is -2.25. The molecule has 1 aromatic carbocycles. The summed E-state index contributed by atoms with van der Waals surface area (Å²) in [5.74, 6) is 0.585. The Morgan fingerprint density at radius 3 is 2.64 bits per heavy atom. The molecule has 0 unspecified atom stereocenters. The maximum Gasteiger partial charge on any atom is 0.262 e. The number of carbonyl (C=O) groups excluding carboxylic acids is 1. The molecular weight excluding hydrogens is 368 g/mol. The molecule has 28 heavy (non-hydrogen) atoms. The molecule has 0 fully saturated rings. The SMILES string of the molecule is C[C@@H]1CCc2c(sc3ncn(CC(=O)c4ccc(C(C)(C)C)cc4)c(=O)c23)C1. The van der Waals surface area contributed by atoms with Gasteiger partial charge in [-0.2, -0.15) is 0 Å². The highest BCUT2D eigenvalue weighted by Crippen LogP contribution is 2.35. The summed E-state index contributed by atoms with van der Waals surface area (Å²) in [6, 6.07) is 7.70. The fraction of sp³-hybridized carbons (Fsp3) is 0.435. The second-order valence-corrected chi connectivity index (χ2v) is 10.0. The third-order valence-electron chi connectivity index (χ3n) is 5.67. The van der Waals surface area contributed by atoms with E-state index in [1.807, 2.05) is 24.3 Å². The summed E-state index contributed by atoms with van der Waals surface area (Å²) in [7, 11) is 0. The van der Waals surface area contributed by atoms with Crippen molar-refractivity contribution in [3.63, 3.8) is 0 Å². The van der Waals surface area contributed by atoms with E-state index in [0.717, 1.165) is 35.0 Å². The Morgan fingerprint density at radius 2 is 1.96 bits per heavy atom. The first-order chi connectivity index (χ1) is 13.2. The van der Waals surface area contributed by atoms with Crippen LogP contribution in [0.25, 0.3) is 10.2 Å². The van der Waals surface area contributed by atoms with Crippen LogP contribution in [0.1, 0.15) is 60.5 Å². The molecule has 1 aliphatic rings. The van der Waals surface area contributed by atoms with E-state index in [1.54, 1.807) is 11.3 Å². The molecule has 2 heterocycles. The molecule has 3 aromatic rings. The number of aromatic nitrogens is 2. The Morgan fingerprint density at radius 1 is 1.25 bits per heavy atom. The second kappa shape index (κ2) is 6.96. The molecule has 1 aliphatic carbocycles. The summed E-state index contributed by atoms with van der Waals surface area (Å²) in [6.45, 7) is 8.71. The average molecular weight is 395 g/mol. The van der Waals surface area contributed by atoms with E-state index in [2.05, 4.69) is 32.7 Å². The predicted molar refractivity (Wildman–Crippen MR) is 115 cm³/mol. The van der Waals surface area contributed by atoms with Gasteiger partial charge in [0.05, 0.1) is 18.3 Å². The van der Waals surface area contributed by atoms with Crippen molar-refractivity contribution in [2.24, 2.45) is 5.92 Å². The van der Waals surface area contributed by atoms with Gasteiger partial charge in [-0.05, 0) is 41.7 Å². The van der Waals surface area contributed by atoms with Crippen molar-refractivity contribution in [2.45, 2.75) is 58.9 Å². The minimum Gasteiger partial charge on any atom is -0.292 e. The molecule has 0 radical (unpaired) electrons. The second-order valence-electron chi connectivity index (χ2n) is 8.96. The van der Waals surface area contributed by atoms with Gasteiger partial charge in [0.15, 0.2) is 5.78 Å². The molecule has 0 saturated carbocycles. The predicted octanol–water partition coefficient (Wildman–Crippen LogP) is 4.76. The molecule has 0 spiro atoms. The van der Waals surface area contributed by atoms with Crippen LogP contribution in [0.15, 0.2) is 35.4 Å². The Kier molecular flexibility index (Phi) is 4.74. The third kappa shape index (κ3) is 3.44. The van der Waals surface area contributed by atoms with Crippen LogP contribution >= 0.6 is 11.3 Å². The van der Waals surface area contributed by atoms with Gasteiger partial charge in [-0.25, -0.2) is 4.98 Å². The first-order valence-electron chi connectivity index (χ1n) is 9.87. The Balaban J connectivity index is 1.64. The molecule has 4 rings (SSSR count). The molecule has 0 N–H and O–H groups in total. The number of nitrogens with zero attached hydrogens (tertiary/aromatic N) is 2. The van der Waals surface area contributed by atoms with Crippen molar-refractivity contribution >= 4 is 27.3 Å². The highest BCUT2D eigenvalue weighted by molar-refractivity contribution is 7.18. The maximum atomic E-state index is 13.1. The monoisotopic (exact) mass is 394 g/mol. The van der Waals surface area contributed by atoms with E-state index in [-0.39, 0.29) is 23.3 Å². The van der Waals surface area contributed by atoms with Crippen LogP contribution in [0.3, 0.4) is 0 Å². The van der Waals surface area contributed by atoms with Gasteiger partial charge in [-0.3, -0.25) is 14.2 Å². The van der Waals surface area contributed by atoms with Crippen LogP contribution in [0.2, 0.25) is 0 Å². The van der Waals surface area contributed by atoms with Crippen LogP contribution in [-0.4, -0.2) is 15.3 Å². The standard InChI is InChI=1S/C23H26N2O2S/c1-14-5-10-17-19(11-14)28-21-20(17)22(27)25(13-24-21)12-18(26)15-6-8-16(9-7-15)23(2,3)4/h6-9,13-14H,5,10-12H2,1-4H3/t14-/m1/s1. The highest BCUT2D eigenvalue weighted by atomic mass is 32.1. The number of carbonyl (C=O) groups is 1. The van der Waals surface area contributed by atoms with Crippen LogP contribution in [-0.2, 0) is 24.8 Å². The van der Waals surface area contributed by atoms with Gasteiger partial charge < -0.3 is 0 Å². The first-order valence-corrected chi connectivity index (χ1v) is 10.7. The van der Waals surface area contributed by atoms with E-state index in [1.165, 1.54) is 21.3 Å². The molecule has 0 amide bonds. The number of fused-ring (bicyclic) bond motifs is 3. The van der Waals surface area contributed by atoms with Gasteiger partial charge in [0, 0.05) is 10.4 Å². The van der Waals surface area contributed by atoms with Crippen molar-refractivity contribution in [3.05, 3.63) is 62.5 Å². The third-order valence-corrected chi connectivity index (χ3v) is 6.83. The number of hydrogen-bond acceptors (Lipinski definition) is 4. The van der Waals surface area contributed by atoms with Gasteiger partial charge in [-0.1, -0.05) is 52.0 Å². The van der Waals surface area contributed by atoms with Crippen molar-refractivity contribution in [1.82, 2.24) is 9.55 Å². The van der Waals surface area contributed by atoms with E-state index >= 15 is 0 Å². The fourth-order valence-electron chi connectivity index (χ4n) is 3.88. The number of thiophene rings is 1. The lowest BCUT2D eigenvalue weighted by molar-refractivity contribution is 0.0970. The van der Waals surface area contributed by atoms with Gasteiger partial charge >= 0.3 is 0 Å². The summed E-state index contributed by atoms with van der Waals surface area (Å²) < 4.78 is 1.47. The zero-order chi connectivity index (χ0) is 20.1. The normalized spacial score (nSPS) is 16.9. The lowest BCUT2D eigenvalue weighted by Gasteiger charge is -2.19. The molecular formula is C23H26N2O2S. The minimum atomic E-state index is -0.0864. The molecule has 1 atom stereocenters. The van der Waals surface area contributed by atoms with Gasteiger partial charge in [-0.15, -0.1) is 11.3 Å². The molecule has 2 aromatic heterocycles. The van der Waals surface area contributed by atoms with Crippen LogP contribution in [0.4, 0.5) is 0 Å². The lowest BCUT2D eigenvalue weighted by atomic mass is 9.86. The quantitative estimate of drug-likeness (QED) is 0.602. The molecule has 5 heteroatoms. The number of benzene rings is 1. The Labute approximate surface area is 169 Å². The number of rotatable bonds is 3. The van der Waals surface area contributed by atoms with Gasteiger partial charge in [0.25, 0.3) is 5.56 Å².